The molecule has 0 spiro atoms. The first-order valence-corrected chi connectivity index (χ1v) is 6.47. The minimum absolute atomic E-state index is 0.0714. The van der Waals surface area contributed by atoms with Crippen LogP contribution in [0.25, 0.3) is 16.9 Å². The highest BCUT2D eigenvalue weighted by atomic mass is 16.5. The van der Waals surface area contributed by atoms with E-state index in [0.29, 0.717) is 0 Å². The van der Waals surface area contributed by atoms with Crippen molar-refractivity contribution in [1.82, 2.24) is 9.38 Å². The Bertz CT molecular complexity index is 762. The van der Waals surface area contributed by atoms with Crippen molar-refractivity contribution in [3.05, 3.63) is 53.9 Å². The number of ether oxygens (including phenoxy) is 1. The molecule has 1 aromatic carbocycles. The number of hydrogen-bond donors (Lipinski definition) is 1. The van der Waals surface area contributed by atoms with Crippen molar-refractivity contribution < 1.29 is 9.84 Å². The molecule has 0 fully saturated rings. The number of methoxy groups -OCH3 is 1. The highest BCUT2D eigenvalue weighted by molar-refractivity contribution is 5.73. The van der Waals surface area contributed by atoms with Crippen LogP contribution >= 0.6 is 0 Å². The van der Waals surface area contributed by atoms with Crippen LogP contribution in [0.4, 0.5) is 0 Å². The molecular formula is C16H16N2O2. The molecule has 2 aromatic heterocycles. The van der Waals surface area contributed by atoms with Crippen molar-refractivity contribution in [3.8, 4) is 17.0 Å². The maximum absolute atomic E-state index is 9.72. The van der Waals surface area contributed by atoms with Gasteiger partial charge in [0.15, 0.2) is 0 Å². The first-order valence-electron chi connectivity index (χ1n) is 6.47. The molecule has 0 aliphatic heterocycles. The minimum atomic E-state index is -0.0714. The van der Waals surface area contributed by atoms with Gasteiger partial charge in [0.1, 0.15) is 11.4 Å². The Morgan fingerprint density at radius 1 is 1.20 bits per heavy atom. The van der Waals surface area contributed by atoms with Crippen LogP contribution in [-0.4, -0.2) is 21.6 Å². The number of aromatic nitrogens is 2. The second-order valence-electron chi connectivity index (χ2n) is 4.65. The summed E-state index contributed by atoms with van der Waals surface area (Å²) in [7, 11) is 1.64. The molecule has 0 unspecified atom stereocenters. The fourth-order valence-electron chi connectivity index (χ4n) is 2.46. The van der Waals surface area contributed by atoms with E-state index in [0.717, 1.165) is 33.9 Å². The summed E-state index contributed by atoms with van der Waals surface area (Å²) in [6.45, 7) is 1.94. The Labute approximate surface area is 117 Å². The molecule has 20 heavy (non-hydrogen) atoms. The Morgan fingerprint density at radius 3 is 2.75 bits per heavy atom. The smallest absolute Gasteiger partial charge is 0.140 e. The number of benzene rings is 1. The number of aryl methyl sites for hydroxylation is 1. The van der Waals surface area contributed by atoms with E-state index in [1.165, 1.54) is 0 Å². The van der Waals surface area contributed by atoms with E-state index in [9.17, 15) is 5.11 Å². The third-order valence-corrected chi connectivity index (χ3v) is 3.46. The van der Waals surface area contributed by atoms with Crippen LogP contribution in [0.15, 0.2) is 42.6 Å². The van der Waals surface area contributed by atoms with Crippen LogP contribution in [-0.2, 0) is 6.61 Å². The summed E-state index contributed by atoms with van der Waals surface area (Å²) in [5.74, 6) is 0.753. The number of aliphatic hydroxyl groups is 1. The highest BCUT2D eigenvalue weighted by Crippen LogP contribution is 2.32. The zero-order chi connectivity index (χ0) is 14.1. The lowest BCUT2D eigenvalue weighted by molar-refractivity contribution is 0.276. The summed E-state index contributed by atoms with van der Waals surface area (Å²) < 4.78 is 7.32. The molecule has 1 N–H and O–H groups in total. The average Bonchev–Trinajstić information content (AvgIpc) is 2.87. The van der Waals surface area contributed by atoms with Crippen LogP contribution < -0.4 is 4.74 Å². The van der Waals surface area contributed by atoms with Gasteiger partial charge in [-0.3, -0.25) is 0 Å². The van der Waals surface area contributed by atoms with Crippen LogP contribution in [0.5, 0.6) is 5.75 Å². The van der Waals surface area contributed by atoms with E-state index in [1.807, 2.05) is 53.9 Å². The Kier molecular flexibility index (Phi) is 3.16. The van der Waals surface area contributed by atoms with Gasteiger partial charge in [0.05, 0.1) is 25.1 Å². The second kappa shape index (κ2) is 4.98. The molecule has 102 valence electrons. The van der Waals surface area contributed by atoms with Gasteiger partial charge in [-0.2, -0.15) is 0 Å². The molecule has 0 aliphatic rings. The van der Waals surface area contributed by atoms with Gasteiger partial charge < -0.3 is 14.2 Å². The number of imidazole rings is 1. The maximum Gasteiger partial charge on any atom is 0.140 e. The Balaban J connectivity index is 2.33. The van der Waals surface area contributed by atoms with Crippen LogP contribution in [0.1, 0.15) is 11.3 Å². The molecule has 0 bridgehead atoms. The lowest BCUT2D eigenvalue weighted by atomic mass is 10.1. The fraction of sp³-hybridized carbons (Fsp3) is 0.188. The zero-order valence-electron chi connectivity index (χ0n) is 11.5. The Hall–Kier alpha value is -2.33. The first-order chi connectivity index (χ1) is 9.76. The van der Waals surface area contributed by atoms with Crippen molar-refractivity contribution in [3.63, 3.8) is 0 Å². The zero-order valence-corrected chi connectivity index (χ0v) is 11.5. The average molecular weight is 268 g/mol. The molecule has 2 heterocycles. The van der Waals surface area contributed by atoms with E-state index in [-0.39, 0.29) is 6.61 Å². The predicted molar refractivity (Wildman–Crippen MR) is 77.8 cm³/mol. The maximum atomic E-state index is 9.72. The molecule has 0 radical (unpaired) electrons. The van der Waals surface area contributed by atoms with Crippen LogP contribution in [0.3, 0.4) is 0 Å². The summed E-state index contributed by atoms with van der Waals surface area (Å²) in [6, 6.07) is 11.7. The number of para-hydroxylation sites is 1. The van der Waals surface area contributed by atoms with Crippen molar-refractivity contribution in [2.75, 3.05) is 7.11 Å². The molecule has 0 saturated heterocycles. The third-order valence-electron chi connectivity index (χ3n) is 3.46. The molecule has 0 saturated carbocycles. The standard InChI is InChI=1S/C16H16N2O2/c1-11-6-5-9-18-13(10-19)15(17-16(11)18)12-7-3-4-8-14(12)20-2/h3-9,19H,10H2,1-2H3. The molecule has 0 aliphatic carbocycles. The van der Waals surface area contributed by atoms with Gasteiger partial charge in [0, 0.05) is 11.8 Å². The van der Waals surface area contributed by atoms with Gasteiger partial charge in [0.25, 0.3) is 0 Å². The molecular weight excluding hydrogens is 252 g/mol. The van der Waals surface area contributed by atoms with Gasteiger partial charge in [-0.15, -0.1) is 0 Å². The first kappa shape index (κ1) is 12.7. The topological polar surface area (TPSA) is 46.8 Å². The van der Waals surface area contributed by atoms with E-state index >= 15 is 0 Å². The molecule has 3 aromatic rings. The molecule has 4 nitrogen and oxygen atoms in total. The molecule has 3 rings (SSSR count). The van der Waals surface area contributed by atoms with Gasteiger partial charge in [-0.05, 0) is 30.7 Å². The van der Waals surface area contributed by atoms with Gasteiger partial charge in [-0.25, -0.2) is 4.98 Å². The van der Waals surface area contributed by atoms with Crippen molar-refractivity contribution >= 4 is 5.65 Å². The van der Waals surface area contributed by atoms with Gasteiger partial charge in [0.2, 0.25) is 0 Å². The molecule has 0 amide bonds. The summed E-state index contributed by atoms with van der Waals surface area (Å²) >= 11 is 0. The number of hydrogen-bond acceptors (Lipinski definition) is 3. The fourth-order valence-corrected chi connectivity index (χ4v) is 2.46. The van der Waals surface area contributed by atoms with Crippen molar-refractivity contribution in [1.29, 1.82) is 0 Å². The van der Waals surface area contributed by atoms with Crippen LogP contribution in [0, 0.1) is 6.92 Å². The summed E-state index contributed by atoms with van der Waals surface area (Å²) in [4.78, 5) is 4.68. The molecule has 4 heteroatoms. The molecule has 0 atom stereocenters. The lowest BCUT2D eigenvalue weighted by Gasteiger charge is -2.07. The highest BCUT2D eigenvalue weighted by Gasteiger charge is 2.17. The second-order valence-corrected chi connectivity index (χ2v) is 4.65. The van der Waals surface area contributed by atoms with E-state index < -0.39 is 0 Å². The SMILES string of the molecule is COc1ccccc1-c1nc2c(C)cccn2c1CO. The third kappa shape index (κ3) is 1.85. The number of nitrogens with zero attached hydrogens (tertiary/aromatic N) is 2. The van der Waals surface area contributed by atoms with Crippen LogP contribution in [0.2, 0.25) is 0 Å². The van der Waals surface area contributed by atoms with E-state index in [1.54, 1.807) is 7.11 Å². The monoisotopic (exact) mass is 268 g/mol. The van der Waals surface area contributed by atoms with E-state index in [4.69, 9.17) is 4.74 Å². The Morgan fingerprint density at radius 2 is 2.00 bits per heavy atom. The van der Waals surface area contributed by atoms with Crippen molar-refractivity contribution in [2.45, 2.75) is 13.5 Å². The summed E-state index contributed by atoms with van der Waals surface area (Å²) in [6.07, 6.45) is 1.92. The lowest BCUT2D eigenvalue weighted by Crippen LogP contribution is -1.95. The number of fused-ring (bicyclic) bond motifs is 1. The summed E-state index contributed by atoms with van der Waals surface area (Å²) in [5, 5.41) is 9.72. The number of pyridine rings is 1. The predicted octanol–water partition coefficient (Wildman–Crippen LogP) is 2.81. The minimum Gasteiger partial charge on any atom is -0.496 e. The van der Waals surface area contributed by atoms with E-state index in [2.05, 4.69) is 4.98 Å². The van der Waals surface area contributed by atoms with Gasteiger partial charge >= 0.3 is 0 Å². The largest absolute Gasteiger partial charge is 0.496 e. The number of aliphatic hydroxyl groups excluding tert-OH is 1. The van der Waals surface area contributed by atoms with Gasteiger partial charge in [-0.1, -0.05) is 18.2 Å². The number of rotatable bonds is 3. The van der Waals surface area contributed by atoms with Crippen molar-refractivity contribution in [2.24, 2.45) is 0 Å². The summed E-state index contributed by atoms with van der Waals surface area (Å²) in [5.41, 5.74) is 4.36. The normalized spacial score (nSPS) is 10.9. The quantitative estimate of drug-likeness (QED) is 0.794.